The van der Waals surface area contributed by atoms with Gasteiger partial charge in [0.05, 0.1) is 10.7 Å². The fraction of sp³-hybridized carbons (Fsp3) is 0.333. The van der Waals surface area contributed by atoms with Gasteiger partial charge in [-0.25, -0.2) is 0 Å². The molecular formula is C12H13ClN2O3. The third-order valence-corrected chi connectivity index (χ3v) is 3.27. The number of hydrogen-bond acceptors (Lipinski definition) is 4. The summed E-state index contributed by atoms with van der Waals surface area (Å²) in [6.45, 7) is 1.05. The molecule has 0 radical (unpaired) electrons. The topological polar surface area (TPSA) is 73.1 Å². The van der Waals surface area contributed by atoms with Crippen LogP contribution in [-0.2, 0) is 0 Å². The maximum atomic E-state index is 12.1. The Morgan fingerprint density at radius 1 is 1.33 bits per heavy atom. The molecule has 96 valence electrons. The average Bonchev–Trinajstić information content (AvgIpc) is 2.41. The van der Waals surface area contributed by atoms with Crippen molar-refractivity contribution in [1.29, 1.82) is 0 Å². The van der Waals surface area contributed by atoms with Gasteiger partial charge in [-0.3, -0.25) is 4.79 Å². The first-order valence-corrected chi connectivity index (χ1v) is 5.97. The Morgan fingerprint density at radius 3 is 2.56 bits per heavy atom. The molecule has 0 aromatic heterocycles. The summed E-state index contributed by atoms with van der Waals surface area (Å²) in [4.78, 5) is 13.8. The zero-order valence-electron chi connectivity index (χ0n) is 9.64. The van der Waals surface area contributed by atoms with Gasteiger partial charge in [-0.2, -0.15) is 0 Å². The van der Waals surface area contributed by atoms with Crippen molar-refractivity contribution in [2.75, 3.05) is 13.1 Å². The Labute approximate surface area is 109 Å². The van der Waals surface area contributed by atoms with Crippen LogP contribution in [0.25, 0.3) is 0 Å². The van der Waals surface area contributed by atoms with E-state index in [9.17, 15) is 9.90 Å². The molecule has 1 aliphatic heterocycles. The molecule has 2 N–H and O–H groups in total. The van der Waals surface area contributed by atoms with Crippen molar-refractivity contribution in [2.24, 2.45) is 5.16 Å². The molecule has 1 heterocycles. The molecule has 18 heavy (non-hydrogen) atoms. The lowest BCUT2D eigenvalue weighted by atomic mass is 10.1. The highest BCUT2D eigenvalue weighted by atomic mass is 35.5. The predicted octanol–water partition coefficient (Wildman–Crippen LogP) is 2.11. The van der Waals surface area contributed by atoms with E-state index in [1.54, 1.807) is 11.0 Å². The molecule has 0 saturated carbocycles. The summed E-state index contributed by atoms with van der Waals surface area (Å²) in [6.07, 6.45) is 1.15. The van der Waals surface area contributed by atoms with E-state index in [0.29, 0.717) is 37.2 Å². The number of likely N-dealkylation sites (tertiary alicyclic amines) is 1. The molecule has 1 aliphatic rings. The molecule has 1 fully saturated rings. The van der Waals surface area contributed by atoms with E-state index in [4.69, 9.17) is 16.8 Å². The van der Waals surface area contributed by atoms with Crippen LogP contribution in [0.2, 0.25) is 5.02 Å². The number of rotatable bonds is 1. The minimum atomic E-state index is -0.131. The number of oxime groups is 1. The lowest BCUT2D eigenvalue weighted by Gasteiger charge is -2.27. The second-order valence-corrected chi connectivity index (χ2v) is 4.53. The summed E-state index contributed by atoms with van der Waals surface area (Å²) < 4.78 is 0. The Bertz CT molecular complexity index is 492. The van der Waals surface area contributed by atoms with E-state index < -0.39 is 0 Å². The van der Waals surface area contributed by atoms with Crippen LogP contribution >= 0.6 is 11.6 Å². The van der Waals surface area contributed by atoms with Crippen LogP contribution in [0, 0.1) is 0 Å². The lowest BCUT2D eigenvalue weighted by molar-refractivity contribution is 0.0753. The number of phenolic OH excluding ortho intramolecular Hbond substituents is 1. The van der Waals surface area contributed by atoms with Crippen LogP contribution in [0.5, 0.6) is 5.75 Å². The highest BCUT2D eigenvalue weighted by Crippen LogP contribution is 2.24. The number of carbonyl (C=O) groups excluding carboxylic acids is 1. The third kappa shape index (κ3) is 2.56. The Kier molecular flexibility index (Phi) is 3.72. The first kappa shape index (κ1) is 12.7. The van der Waals surface area contributed by atoms with Gasteiger partial charge in [0, 0.05) is 31.5 Å². The summed E-state index contributed by atoms with van der Waals surface area (Å²) in [5.41, 5.74) is 1.16. The monoisotopic (exact) mass is 268 g/mol. The number of piperidine rings is 1. The predicted molar refractivity (Wildman–Crippen MR) is 67.5 cm³/mol. The summed E-state index contributed by atoms with van der Waals surface area (Å²) in [5, 5.41) is 21.3. The fourth-order valence-electron chi connectivity index (χ4n) is 1.89. The van der Waals surface area contributed by atoms with Gasteiger partial charge in [-0.05, 0) is 18.2 Å². The van der Waals surface area contributed by atoms with Gasteiger partial charge in [0.25, 0.3) is 5.91 Å². The van der Waals surface area contributed by atoms with Crippen molar-refractivity contribution in [2.45, 2.75) is 12.8 Å². The second kappa shape index (κ2) is 5.27. The summed E-state index contributed by atoms with van der Waals surface area (Å²) >= 11 is 5.77. The molecule has 6 heteroatoms. The molecule has 1 aromatic carbocycles. The van der Waals surface area contributed by atoms with Crippen molar-refractivity contribution < 1.29 is 15.1 Å². The summed E-state index contributed by atoms with van der Waals surface area (Å²) in [6, 6.07) is 4.40. The first-order valence-electron chi connectivity index (χ1n) is 5.59. The highest BCUT2D eigenvalue weighted by Gasteiger charge is 2.21. The maximum absolute atomic E-state index is 12.1. The van der Waals surface area contributed by atoms with Crippen LogP contribution in [0.1, 0.15) is 23.2 Å². The van der Waals surface area contributed by atoms with Crippen molar-refractivity contribution >= 4 is 23.2 Å². The Morgan fingerprint density at radius 2 is 2.00 bits per heavy atom. The normalized spacial score (nSPS) is 15.6. The van der Waals surface area contributed by atoms with E-state index >= 15 is 0 Å². The van der Waals surface area contributed by atoms with E-state index in [1.807, 2.05) is 0 Å². The molecule has 5 nitrogen and oxygen atoms in total. The summed E-state index contributed by atoms with van der Waals surface area (Å²) in [5.74, 6) is -0.171. The molecule has 0 bridgehead atoms. The molecule has 1 aromatic rings. The van der Waals surface area contributed by atoms with Gasteiger partial charge in [0.1, 0.15) is 5.75 Å². The van der Waals surface area contributed by atoms with Crippen molar-refractivity contribution in [1.82, 2.24) is 4.90 Å². The van der Waals surface area contributed by atoms with Crippen LogP contribution < -0.4 is 0 Å². The Balaban J connectivity index is 2.10. The standard InChI is InChI=1S/C12H13ClN2O3/c13-10-7-8(1-2-11(10)16)12(17)15-5-3-9(14-18)4-6-15/h1-2,7,16,18H,3-6H2. The fourth-order valence-corrected chi connectivity index (χ4v) is 2.07. The number of phenols is 1. The molecule has 0 spiro atoms. The van der Waals surface area contributed by atoms with Crippen molar-refractivity contribution in [3.8, 4) is 5.75 Å². The molecule has 2 rings (SSSR count). The van der Waals surface area contributed by atoms with E-state index in [2.05, 4.69) is 5.16 Å². The molecule has 1 saturated heterocycles. The van der Waals surface area contributed by atoms with E-state index in [1.165, 1.54) is 12.1 Å². The zero-order chi connectivity index (χ0) is 13.1. The van der Waals surface area contributed by atoms with E-state index in [0.717, 1.165) is 0 Å². The number of benzene rings is 1. The minimum absolute atomic E-state index is 0.0402. The van der Waals surface area contributed by atoms with Crippen LogP contribution in [-0.4, -0.2) is 39.9 Å². The number of halogens is 1. The van der Waals surface area contributed by atoms with E-state index in [-0.39, 0.29) is 16.7 Å². The highest BCUT2D eigenvalue weighted by molar-refractivity contribution is 6.32. The van der Waals surface area contributed by atoms with Gasteiger partial charge in [0.15, 0.2) is 0 Å². The van der Waals surface area contributed by atoms with Crippen molar-refractivity contribution in [3.05, 3.63) is 28.8 Å². The molecule has 0 atom stereocenters. The molecule has 0 unspecified atom stereocenters. The lowest BCUT2D eigenvalue weighted by Crippen LogP contribution is -2.38. The van der Waals surface area contributed by atoms with Crippen LogP contribution in [0.4, 0.5) is 0 Å². The van der Waals surface area contributed by atoms with Crippen LogP contribution in [0.15, 0.2) is 23.4 Å². The van der Waals surface area contributed by atoms with Crippen LogP contribution in [0.3, 0.4) is 0 Å². The second-order valence-electron chi connectivity index (χ2n) is 4.12. The maximum Gasteiger partial charge on any atom is 0.253 e. The molecule has 1 amide bonds. The minimum Gasteiger partial charge on any atom is -0.506 e. The quantitative estimate of drug-likeness (QED) is 0.605. The molecular weight excluding hydrogens is 256 g/mol. The smallest absolute Gasteiger partial charge is 0.253 e. The van der Waals surface area contributed by atoms with Crippen molar-refractivity contribution in [3.63, 3.8) is 0 Å². The number of aromatic hydroxyl groups is 1. The van der Waals surface area contributed by atoms with Gasteiger partial charge in [-0.1, -0.05) is 16.8 Å². The van der Waals surface area contributed by atoms with Gasteiger partial charge in [-0.15, -0.1) is 0 Å². The average molecular weight is 269 g/mol. The largest absolute Gasteiger partial charge is 0.506 e. The molecule has 0 aliphatic carbocycles. The number of carbonyl (C=O) groups is 1. The van der Waals surface area contributed by atoms with Gasteiger partial charge < -0.3 is 15.2 Å². The third-order valence-electron chi connectivity index (χ3n) is 2.96. The number of nitrogens with zero attached hydrogens (tertiary/aromatic N) is 2. The Hall–Kier alpha value is -1.75. The van der Waals surface area contributed by atoms with Gasteiger partial charge in [0.2, 0.25) is 0 Å². The zero-order valence-corrected chi connectivity index (χ0v) is 10.4. The number of hydrogen-bond donors (Lipinski definition) is 2. The summed E-state index contributed by atoms with van der Waals surface area (Å²) in [7, 11) is 0. The first-order chi connectivity index (χ1) is 8.61. The number of amides is 1. The van der Waals surface area contributed by atoms with Gasteiger partial charge >= 0.3 is 0 Å². The SMILES string of the molecule is O=C(c1ccc(O)c(Cl)c1)N1CCC(=NO)CC1.